The summed E-state index contributed by atoms with van der Waals surface area (Å²) in [5.74, 6) is -0.328. The van der Waals surface area contributed by atoms with Crippen molar-refractivity contribution in [2.75, 3.05) is 40.4 Å². The lowest BCUT2D eigenvalue weighted by molar-refractivity contribution is -0.135. The van der Waals surface area contributed by atoms with Crippen LogP contribution in [0.4, 0.5) is 0 Å². The number of carbonyl (C=O) groups excluding carboxylic acids is 1. The normalized spacial score (nSPS) is 15.2. The molecule has 1 aliphatic rings. The van der Waals surface area contributed by atoms with Crippen LogP contribution < -0.4 is 11.1 Å². The van der Waals surface area contributed by atoms with E-state index in [1.165, 1.54) is 36.9 Å². The van der Waals surface area contributed by atoms with E-state index in [1.807, 2.05) is 0 Å². The maximum atomic E-state index is 12.7. The lowest BCUT2D eigenvalue weighted by Gasteiger charge is -2.27. The lowest BCUT2D eigenvalue weighted by Crippen LogP contribution is -2.46. The Hall–Kier alpha value is -2.50. The van der Waals surface area contributed by atoms with Crippen molar-refractivity contribution < 1.29 is 17.9 Å². The van der Waals surface area contributed by atoms with Crippen molar-refractivity contribution in [1.82, 2.24) is 18.3 Å². The van der Waals surface area contributed by atoms with Gasteiger partial charge >= 0.3 is 11.1 Å². The van der Waals surface area contributed by atoms with Crippen LogP contribution in [0.15, 0.2) is 32.7 Å². The topological polar surface area (TPSA) is 111 Å². The molecule has 2 aromatic rings. The molecule has 10 nitrogen and oxygen atoms in total. The third kappa shape index (κ3) is 3.85. The molecular weight excluding hydrogens is 400 g/mol. The van der Waals surface area contributed by atoms with E-state index in [-0.39, 0.29) is 29.4 Å². The van der Waals surface area contributed by atoms with E-state index in [2.05, 4.69) is 0 Å². The van der Waals surface area contributed by atoms with Crippen LogP contribution in [0.5, 0.6) is 0 Å². The third-order valence-corrected chi connectivity index (χ3v) is 6.76. The molecule has 0 aliphatic carbocycles. The number of aromatic nitrogens is 2. The highest BCUT2D eigenvalue weighted by molar-refractivity contribution is 7.89. The van der Waals surface area contributed by atoms with Gasteiger partial charge in [0.15, 0.2) is 0 Å². The van der Waals surface area contributed by atoms with Gasteiger partial charge in [0.2, 0.25) is 15.9 Å². The molecule has 0 saturated carbocycles. The van der Waals surface area contributed by atoms with E-state index in [1.54, 1.807) is 11.8 Å². The number of amides is 1. The Morgan fingerprint density at radius 1 is 1.07 bits per heavy atom. The molecule has 1 amide bonds. The number of morpholine rings is 1. The molecule has 2 heterocycles. The second-order valence-corrected chi connectivity index (χ2v) is 9.02. The van der Waals surface area contributed by atoms with Crippen LogP contribution in [0.3, 0.4) is 0 Å². The van der Waals surface area contributed by atoms with Crippen molar-refractivity contribution >= 4 is 27.0 Å². The van der Waals surface area contributed by atoms with E-state index in [9.17, 15) is 22.8 Å². The first-order valence-electron chi connectivity index (χ1n) is 9.24. The predicted octanol–water partition coefficient (Wildman–Crippen LogP) is -0.708. The van der Waals surface area contributed by atoms with Gasteiger partial charge in [-0.1, -0.05) is 0 Å². The zero-order valence-corrected chi connectivity index (χ0v) is 17.4. The summed E-state index contributed by atoms with van der Waals surface area (Å²) >= 11 is 0. The first-order valence-corrected chi connectivity index (χ1v) is 10.7. The Bertz CT molecular complexity index is 1160. The molecule has 1 aliphatic heterocycles. The highest BCUT2D eigenvalue weighted by Crippen LogP contribution is 2.20. The number of hydrogen-bond donors (Lipinski definition) is 0. The largest absolute Gasteiger partial charge is 0.378 e. The first-order chi connectivity index (χ1) is 13.7. The molecule has 1 saturated heterocycles. The van der Waals surface area contributed by atoms with E-state index in [4.69, 9.17) is 4.74 Å². The van der Waals surface area contributed by atoms with Crippen LogP contribution >= 0.6 is 0 Å². The second kappa shape index (κ2) is 8.09. The van der Waals surface area contributed by atoms with Crippen LogP contribution in [-0.2, 0) is 32.6 Å². The van der Waals surface area contributed by atoms with Crippen molar-refractivity contribution in [2.45, 2.75) is 24.9 Å². The summed E-state index contributed by atoms with van der Waals surface area (Å²) in [6.45, 7) is 3.22. The number of sulfonamides is 1. The van der Waals surface area contributed by atoms with Gasteiger partial charge in [0.05, 0.1) is 29.1 Å². The fourth-order valence-corrected chi connectivity index (χ4v) is 4.21. The minimum atomic E-state index is -3.76. The van der Waals surface area contributed by atoms with Gasteiger partial charge in [0.1, 0.15) is 6.54 Å². The average Bonchev–Trinajstić information content (AvgIpc) is 2.71. The van der Waals surface area contributed by atoms with E-state index < -0.39 is 21.1 Å². The molecule has 0 spiro atoms. The number of benzene rings is 1. The summed E-state index contributed by atoms with van der Waals surface area (Å²) in [7, 11) is -0.949. The molecule has 0 N–H and O–H groups in total. The number of aryl methyl sites for hydroxylation is 1. The van der Waals surface area contributed by atoms with E-state index in [0.29, 0.717) is 31.8 Å². The molecule has 0 bridgehead atoms. The van der Waals surface area contributed by atoms with Gasteiger partial charge in [-0.2, -0.15) is 0 Å². The quantitative estimate of drug-likeness (QED) is 0.587. The number of hydrogen-bond acceptors (Lipinski definition) is 6. The summed E-state index contributed by atoms with van der Waals surface area (Å²) in [6.07, 6.45) is 0. The molecular formula is C18H24N4O6S. The molecule has 0 atom stereocenters. The zero-order valence-electron chi connectivity index (χ0n) is 16.6. The van der Waals surface area contributed by atoms with Gasteiger partial charge < -0.3 is 14.2 Å². The molecule has 0 unspecified atom stereocenters. The number of rotatable bonds is 5. The molecule has 0 radical (unpaired) electrons. The SMILES string of the molecule is CCn1c(=O)c(=O)n(CC(=O)N2CCOCC2)c2cc(S(=O)(=O)N(C)C)ccc21. The molecule has 29 heavy (non-hydrogen) atoms. The third-order valence-electron chi connectivity index (χ3n) is 4.95. The van der Waals surface area contributed by atoms with Gasteiger partial charge in [-0.15, -0.1) is 0 Å². The van der Waals surface area contributed by atoms with Crippen molar-refractivity contribution in [3.8, 4) is 0 Å². The van der Waals surface area contributed by atoms with Gasteiger partial charge in [-0.05, 0) is 25.1 Å². The zero-order chi connectivity index (χ0) is 21.3. The lowest BCUT2D eigenvalue weighted by atomic mass is 10.2. The Balaban J connectivity index is 2.21. The summed E-state index contributed by atoms with van der Waals surface area (Å²) in [5.41, 5.74) is -0.996. The van der Waals surface area contributed by atoms with Crippen molar-refractivity contribution in [2.24, 2.45) is 0 Å². The van der Waals surface area contributed by atoms with Crippen LogP contribution in [0.1, 0.15) is 6.92 Å². The highest BCUT2D eigenvalue weighted by atomic mass is 32.2. The molecule has 158 valence electrons. The summed E-state index contributed by atoms with van der Waals surface area (Å²) in [6, 6.07) is 4.22. The first kappa shape index (κ1) is 21.2. The van der Waals surface area contributed by atoms with Crippen LogP contribution in [0.2, 0.25) is 0 Å². The molecule has 3 rings (SSSR count). The number of carbonyl (C=O) groups is 1. The Kier molecular flexibility index (Phi) is 5.92. The smallest absolute Gasteiger partial charge is 0.317 e. The van der Waals surface area contributed by atoms with Crippen LogP contribution in [0, 0.1) is 0 Å². The number of fused-ring (bicyclic) bond motifs is 1. The van der Waals surface area contributed by atoms with Gasteiger partial charge in [-0.25, -0.2) is 12.7 Å². The number of ether oxygens (including phenoxy) is 1. The van der Waals surface area contributed by atoms with Crippen molar-refractivity contribution in [3.05, 3.63) is 38.9 Å². The highest BCUT2D eigenvalue weighted by Gasteiger charge is 2.23. The fraction of sp³-hybridized carbons (Fsp3) is 0.500. The molecule has 1 aromatic carbocycles. The van der Waals surface area contributed by atoms with Crippen molar-refractivity contribution in [3.63, 3.8) is 0 Å². The second-order valence-electron chi connectivity index (χ2n) is 6.87. The summed E-state index contributed by atoms with van der Waals surface area (Å²) in [5, 5.41) is 0. The average molecular weight is 424 g/mol. The molecule has 1 fully saturated rings. The van der Waals surface area contributed by atoms with Gasteiger partial charge in [0, 0.05) is 33.7 Å². The summed E-state index contributed by atoms with van der Waals surface area (Å²) in [4.78, 5) is 39.5. The maximum absolute atomic E-state index is 12.7. The van der Waals surface area contributed by atoms with Gasteiger partial charge in [-0.3, -0.25) is 19.0 Å². The molecule has 11 heteroatoms. The number of nitrogens with zero attached hydrogens (tertiary/aromatic N) is 4. The Morgan fingerprint density at radius 2 is 1.69 bits per heavy atom. The maximum Gasteiger partial charge on any atom is 0.317 e. The summed E-state index contributed by atoms with van der Waals surface area (Å²) < 4.78 is 33.7. The standard InChI is InChI=1S/C18H24N4O6S/c1-4-21-14-6-5-13(29(26,27)19(2)3)11-15(14)22(18(25)17(21)24)12-16(23)20-7-9-28-10-8-20/h5-6,11H,4,7-10,12H2,1-3H3. The monoisotopic (exact) mass is 424 g/mol. The molecule has 1 aromatic heterocycles. The Labute approximate surface area is 167 Å². The predicted molar refractivity (Wildman–Crippen MR) is 106 cm³/mol. The van der Waals surface area contributed by atoms with E-state index >= 15 is 0 Å². The van der Waals surface area contributed by atoms with Gasteiger partial charge in [0.25, 0.3) is 0 Å². The Morgan fingerprint density at radius 3 is 2.28 bits per heavy atom. The van der Waals surface area contributed by atoms with Crippen LogP contribution in [0.25, 0.3) is 11.0 Å². The minimum absolute atomic E-state index is 0.0247. The fourth-order valence-electron chi connectivity index (χ4n) is 3.29. The van der Waals surface area contributed by atoms with Crippen molar-refractivity contribution in [1.29, 1.82) is 0 Å². The minimum Gasteiger partial charge on any atom is -0.378 e. The van der Waals surface area contributed by atoms with Crippen LogP contribution in [-0.4, -0.2) is 73.1 Å². The van der Waals surface area contributed by atoms with E-state index in [0.717, 1.165) is 8.87 Å².